The number of alkyl halides is 3. The predicted molar refractivity (Wildman–Crippen MR) is 120 cm³/mol. The summed E-state index contributed by atoms with van der Waals surface area (Å²) in [7, 11) is -1.76. The van der Waals surface area contributed by atoms with Gasteiger partial charge >= 0.3 is 6.18 Å². The molecule has 2 N–H and O–H groups in total. The highest BCUT2D eigenvalue weighted by molar-refractivity contribution is 14.0. The number of guanidine groups is 1. The molecule has 0 aliphatic carbocycles. The minimum atomic E-state index is -4.43. The SMILES string of the molecule is CN=C(NCCS(=O)(=O)C(C)(C)C)NCc1ccc(C)cc1OCC(F)(F)F.I. The molecule has 0 aliphatic rings. The Hall–Kier alpha value is -1.24. The lowest BCUT2D eigenvalue weighted by Crippen LogP contribution is -2.41. The van der Waals surface area contributed by atoms with Crippen molar-refractivity contribution in [2.45, 2.75) is 45.2 Å². The third-order valence-corrected chi connectivity index (χ3v) is 6.49. The molecule has 0 saturated heterocycles. The van der Waals surface area contributed by atoms with Crippen LogP contribution in [-0.2, 0) is 16.4 Å². The molecule has 0 heterocycles. The summed E-state index contributed by atoms with van der Waals surface area (Å²) in [6.45, 7) is 5.61. The number of benzene rings is 1. The fourth-order valence-electron chi connectivity index (χ4n) is 2.11. The van der Waals surface area contributed by atoms with Gasteiger partial charge in [0.05, 0.1) is 10.5 Å². The number of aryl methyl sites for hydroxylation is 1. The summed E-state index contributed by atoms with van der Waals surface area (Å²) >= 11 is 0. The number of hydrogen-bond acceptors (Lipinski definition) is 4. The first-order chi connectivity index (χ1) is 12.7. The van der Waals surface area contributed by atoms with Crippen LogP contribution in [0.4, 0.5) is 13.2 Å². The number of rotatable bonds is 7. The van der Waals surface area contributed by atoms with Crippen molar-refractivity contribution < 1.29 is 26.3 Å². The topological polar surface area (TPSA) is 79.8 Å². The standard InChI is InChI=1S/C18H28F3N3O3S.HI/c1-13-6-7-14(15(10-13)27-12-18(19,20)21)11-24-16(22-5)23-8-9-28(25,26)17(2,3)4;/h6-7,10H,8-9,11-12H2,1-5H3,(H2,22,23,24);1H. The number of aliphatic imine (C=N–C) groups is 1. The molecule has 0 aliphatic heterocycles. The van der Waals surface area contributed by atoms with Gasteiger partial charge in [0.1, 0.15) is 5.75 Å². The molecule has 29 heavy (non-hydrogen) atoms. The summed E-state index contributed by atoms with van der Waals surface area (Å²) in [6.07, 6.45) is -4.43. The fraction of sp³-hybridized carbons (Fsp3) is 0.611. The van der Waals surface area contributed by atoms with E-state index in [4.69, 9.17) is 4.74 Å². The molecular formula is C18H29F3IN3O3S. The van der Waals surface area contributed by atoms with Gasteiger partial charge in [-0.25, -0.2) is 8.42 Å². The molecule has 0 amide bonds. The zero-order chi connectivity index (χ0) is 21.6. The average molecular weight is 551 g/mol. The molecule has 0 fully saturated rings. The molecule has 168 valence electrons. The summed E-state index contributed by atoms with van der Waals surface area (Å²) < 4.78 is 65.6. The Balaban J connectivity index is 0.00000784. The molecule has 6 nitrogen and oxygen atoms in total. The summed E-state index contributed by atoms with van der Waals surface area (Å²) in [5.74, 6) is 0.406. The lowest BCUT2D eigenvalue weighted by molar-refractivity contribution is -0.153. The van der Waals surface area contributed by atoms with Gasteiger partial charge in [-0.3, -0.25) is 4.99 Å². The van der Waals surface area contributed by atoms with Crippen LogP contribution in [0.2, 0.25) is 0 Å². The van der Waals surface area contributed by atoms with E-state index in [1.165, 1.54) is 13.1 Å². The minimum Gasteiger partial charge on any atom is -0.484 e. The van der Waals surface area contributed by atoms with Crippen molar-refractivity contribution in [2.24, 2.45) is 4.99 Å². The average Bonchev–Trinajstić information content (AvgIpc) is 2.55. The second-order valence-corrected chi connectivity index (χ2v) is 10.2. The molecule has 1 rings (SSSR count). The number of hydrogen-bond donors (Lipinski definition) is 2. The number of halogens is 4. The van der Waals surface area contributed by atoms with Crippen LogP contribution in [0, 0.1) is 6.92 Å². The Morgan fingerprint density at radius 1 is 1.17 bits per heavy atom. The predicted octanol–water partition coefficient (Wildman–Crippen LogP) is 3.43. The first-order valence-electron chi connectivity index (χ1n) is 8.71. The van der Waals surface area contributed by atoms with Gasteiger partial charge < -0.3 is 15.4 Å². The zero-order valence-corrected chi connectivity index (χ0v) is 20.3. The Bertz CT molecular complexity index is 792. The van der Waals surface area contributed by atoms with E-state index in [2.05, 4.69) is 15.6 Å². The van der Waals surface area contributed by atoms with Crippen LogP contribution in [0.1, 0.15) is 31.9 Å². The van der Waals surface area contributed by atoms with Gasteiger partial charge in [-0.05, 0) is 39.3 Å². The van der Waals surface area contributed by atoms with Crippen molar-refractivity contribution in [3.05, 3.63) is 29.3 Å². The minimum absolute atomic E-state index is 0. The van der Waals surface area contributed by atoms with E-state index in [9.17, 15) is 21.6 Å². The first kappa shape index (κ1) is 27.8. The highest BCUT2D eigenvalue weighted by Gasteiger charge is 2.29. The molecule has 0 bridgehead atoms. The van der Waals surface area contributed by atoms with Gasteiger partial charge in [0, 0.05) is 25.7 Å². The van der Waals surface area contributed by atoms with Crippen LogP contribution >= 0.6 is 24.0 Å². The van der Waals surface area contributed by atoms with Crippen molar-refractivity contribution in [1.82, 2.24) is 10.6 Å². The molecule has 1 aromatic carbocycles. The van der Waals surface area contributed by atoms with E-state index in [1.807, 2.05) is 0 Å². The summed E-state index contributed by atoms with van der Waals surface area (Å²) in [5, 5.41) is 5.84. The molecule has 0 radical (unpaired) electrons. The van der Waals surface area contributed by atoms with E-state index >= 15 is 0 Å². The van der Waals surface area contributed by atoms with E-state index in [-0.39, 0.29) is 48.6 Å². The van der Waals surface area contributed by atoms with Gasteiger partial charge in [-0.15, -0.1) is 24.0 Å². The molecule has 0 aromatic heterocycles. The maximum absolute atomic E-state index is 12.4. The maximum atomic E-state index is 12.4. The molecule has 0 unspecified atom stereocenters. The van der Waals surface area contributed by atoms with Gasteiger partial charge in [-0.2, -0.15) is 13.2 Å². The van der Waals surface area contributed by atoms with E-state index < -0.39 is 27.4 Å². The smallest absolute Gasteiger partial charge is 0.422 e. The van der Waals surface area contributed by atoms with Gasteiger partial charge in [0.15, 0.2) is 22.4 Å². The molecule has 0 saturated carbocycles. The Kier molecular flexibility index (Phi) is 10.8. The van der Waals surface area contributed by atoms with Crippen molar-refractivity contribution in [2.75, 3.05) is 26.0 Å². The Morgan fingerprint density at radius 3 is 2.31 bits per heavy atom. The number of sulfone groups is 1. The number of ether oxygens (including phenoxy) is 1. The molecule has 0 spiro atoms. The number of nitrogens with zero attached hydrogens (tertiary/aromatic N) is 1. The summed E-state index contributed by atoms with van der Waals surface area (Å²) in [4.78, 5) is 4.00. The van der Waals surface area contributed by atoms with Crippen LogP contribution in [0.15, 0.2) is 23.2 Å². The van der Waals surface area contributed by atoms with Crippen LogP contribution < -0.4 is 15.4 Å². The molecular weight excluding hydrogens is 522 g/mol. The summed E-state index contributed by atoms with van der Waals surface area (Å²) in [6, 6.07) is 4.98. The fourth-order valence-corrected chi connectivity index (χ4v) is 3.09. The Morgan fingerprint density at radius 2 is 1.79 bits per heavy atom. The number of nitrogens with one attached hydrogen (secondary N) is 2. The van der Waals surface area contributed by atoms with Crippen LogP contribution in [-0.4, -0.2) is 51.3 Å². The maximum Gasteiger partial charge on any atom is 0.422 e. The first-order valence-corrected chi connectivity index (χ1v) is 10.4. The lowest BCUT2D eigenvalue weighted by Gasteiger charge is -2.20. The third kappa shape index (κ3) is 9.87. The molecule has 11 heteroatoms. The van der Waals surface area contributed by atoms with Crippen LogP contribution in [0.3, 0.4) is 0 Å². The van der Waals surface area contributed by atoms with Crippen LogP contribution in [0.25, 0.3) is 0 Å². The van der Waals surface area contributed by atoms with Gasteiger partial charge in [0.2, 0.25) is 0 Å². The largest absolute Gasteiger partial charge is 0.484 e. The van der Waals surface area contributed by atoms with E-state index in [1.54, 1.807) is 39.8 Å². The Labute approximate surface area is 187 Å². The van der Waals surface area contributed by atoms with E-state index in [0.29, 0.717) is 11.5 Å². The van der Waals surface area contributed by atoms with E-state index in [0.717, 1.165) is 5.56 Å². The van der Waals surface area contributed by atoms with Gasteiger partial charge in [0.25, 0.3) is 0 Å². The second kappa shape index (κ2) is 11.2. The van der Waals surface area contributed by atoms with Crippen molar-refractivity contribution in [3.63, 3.8) is 0 Å². The molecule has 0 atom stereocenters. The summed E-state index contributed by atoms with van der Waals surface area (Å²) in [5.41, 5.74) is 1.30. The third-order valence-electron chi connectivity index (χ3n) is 3.88. The zero-order valence-electron chi connectivity index (χ0n) is 17.2. The quantitative estimate of drug-likeness (QED) is 0.309. The van der Waals surface area contributed by atoms with Crippen molar-refractivity contribution in [1.29, 1.82) is 0 Å². The molecule has 1 aromatic rings. The van der Waals surface area contributed by atoms with Crippen LogP contribution in [0.5, 0.6) is 5.75 Å². The van der Waals surface area contributed by atoms with Gasteiger partial charge in [-0.1, -0.05) is 12.1 Å². The van der Waals surface area contributed by atoms with Crippen molar-refractivity contribution in [3.8, 4) is 5.75 Å². The lowest BCUT2D eigenvalue weighted by atomic mass is 10.1. The monoisotopic (exact) mass is 551 g/mol. The normalized spacial score (nSPS) is 12.9. The highest BCUT2D eigenvalue weighted by Crippen LogP contribution is 2.23. The second-order valence-electron chi connectivity index (χ2n) is 7.30. The highest BCUT2D eigenvalue weighted by atomic mass is 127. The van der Waals surface area contributed by atoms with Crippen molar-refractivity contribution >= 4 is 39.8 Å².